The minimum Gasteiger partial charge on any atom is -0.296 e. The van der Waals surface area contributed by atoms with Gasteiger partial charge in [0.2, 0.25) is 10.0 Å². The van der Waals surface area contributed by atoms with Gasteiger partial charge in [0.05, 0.1) is 12.3 Å². The molecule has 8 heteroatoms. The van der Waals surface area contributed by atoms with E-state index in [-0.39, 0.29) is 11.8 Å². The minimum atomic E-state index is -3.09. The Hall–Kier alpha value is -0.990. The van der Waals surface area contributed by atoms with Crippen molar-refractivity contribution in [3.8, 4) is 0 Å². The highest BCUT2D eigenvalue weighted by atomic mass is 32.2. The third-order valence-electron chi connectivity index (χ3n) is 4.14. The molecule has 1 fully saturated rings. The zero-order valence-corrected chi connectivity index (χ0v) is 13.9. The molecule has 21 heavy (non-hydrogen) atoms. The maximum Gasteiger partial charge on any atom is 0.213 e. The van der Waals surface area contributed by atoms with Crippen LogP contribution in [0.25, 0.3) is 0 Å². The summed E-state index contributed by atoms with van der Waals surface area (Å²) in [5.74, 6) is 1.90. The van der Waals surface area contributed by atoms with Crippen LogP contribution in [-0.4, -0.2) is 64.7 Å². The molecule has 0 unspecified atom stereocenters. The third kappa shape index (κ3) is 4.02. The smallest absolute Gasteiger partial charge is 0.213 e. The summed E-state index contributed by atoms with van der Waals surface area (Å²) in [6.45, 7) is 6.25. The van der Waals surface area contributed by atoms with E-state index in [2.05, 4.69) is 20.1 Å². The fourth-order valence-electron chi connectivity index (χ4n) is 2.65. The Labute approximate surface area is 126 Å². The van der Waals surface area contributed by atoms with Gasteiger partial charge >= 0.3 is 0 Å². The van der Waals surface area contributed by atoms with Gasteiger partial charge in [-0.05, 0) is 19.8 Å². The highest BCUT2D eigenvalue weighted by molar-refractivity contribution is 7.89. The van der Waals surface area contributed by atoms with Crippen LogP contribution >= 0.6 is 0 Å². The van der Waals surface area contributed by atoms with Crippen LogP contribution in [0.1, 0.15) is 38.3 Å². The van der Waals surface area contributed by atoms with Gasteiger partial charge in [0.15, 0.2) is 0 Å². The lowest BCUT2D eigenvalue weighted by Gasteiger charge is -2.35. The fraction of sp³-hybridized carbons (Fsp3) is 0.846. The molecule has 0 bridgehead atoms. The molecule has 1 aliphatic heterocycles. The maximum atomic E-state index is 11.9. The third-order valence-corrected chi connectivity index (χ3v) is 6.05. The van der Waals surface area contributed by atoms with E-state index in [1.54, 1.807) is 18.3 Å². The van der Waals surface area contributed by atoms with Crippen LogP contribution < -0.4 is 0 Å². The Morgan fingerprint density at radius 2 is 2.00 bits per heavy atom. The van der Waals surface area contributed by atoms with Crippen molar-refractivity contribution in [2.75, 3.05) is 25.9 Å². The lowest BCUT2D eigenvalue weighted by atomic mass is 10.1. The Kier molecular flexibility index (Phi) is 5.34. The number of nitrogens with one attached hydrogen (secondary N) is 1. The van der Waals surface area contributed by atoms with E-state index in [0.29, 0.717) is 0 Å². The molecule has 2 heterocycles. The first-order valence-electron chi connectivity index (χ1n) is 7.54. The molecule has 1 saturated heterocycles. The summed E-state index contributed by atoms with van der Waals surface area (Å²) in [6.07, 6.45) is 2.56. The zero-order valence-electron chi connectivity index (χ0n) is 13.0. The number of hydrogen-bond donors (Lipinski definition) is 1. The van der Waals surface area contributed by atoms with E-state index >= 15 is 0 Å². The van der Waals surface area contributed by atoms with E-state index in [1.807, 2.05) is 6.92 Å². The summed E-state index contributed by atoms with van der Waals surface area (Å²) in [5, 5.41) is 7.10. The Balaban J connectivity index is 1.85. The quantitative estimate of drug-likeness (QED) is 0.832. The summed E-state index contributed by atoms with van der Waals surface area (Å²) in [5.41, 5.74) is 0. The Morgan fingerprint density at radius 3 is 2.52 bits per heavy atom. The van der Waals surface area contributed by atoms with Gasteiger partial charge < -0.3 is 0 Å². The number of hydrogen-bond acceptors (Lipinski definition) is 5. The first kappa shape index (κ1) is 16.4. The van der Waals surface area contributed by atoms with Crippen LogP contribution in [0.15, 0.2) is 0 Å². The number of nitrogens with zero attached hydrogens (tertiary/aromatic N) is 4. The minimum absolute atomic E-state index is 0.118. The number of aryl methyl sites for hydroxylation is 1. The van der Waals surface area contributed by atoms with Crippen LogP contribution in [0.5, 0.6) is 0 Å². The van der Waals surface area contributed by atoms with Crippen molar-refractivity contribution >= 4 is 10.0 Å². The van der Waals surface area contributed by atoms with Gasteiger partial charge in [-0.1, -0.05) is 6.92 Å². The van der Waals surface area contributed by atoms with Gasteiger partial charge in [-0.3, -0.25) is 10.00 Å². The van der Waals surface area contributed by atoms with E-state index in [0.717, 1.165) is 50.5 Å². The molecular weight excluding hydrogens is 290 g/mol. The monoisotopic (exact) mass is 315 g/mol. The number of likely N-dealkylation sites (tertiary alicyclic amines) is 1. The summed E-state index contributed by atoms with van der Waals surface area (Å²) >= 11 is 0. The zero-order chi connectivity index (χ0) is 15.5. The molecule has 0 aromatic carbocycles. The maximum absolute atomic E-state index is 11.9. The number of aromatic amines is 1. The van der Waals surface area contributed by atoms with Crippen molar-refractivity contribution in [3.63, 3.8) is 0 Å². The first-order chi connectivity index (χ1) is 9.96. The first-order valence-corrected chi connectivity index (χ1v) is 9.15. The molecule has 0 radical (unpaired) electrons. The van der Waals surface area contributed by atoms with Gasteiger partial charge in [0.1, 0.15) is 11.6 Å². The standard InChI is InChI=1S/C13H25N5O2S/c1-4-12-14-13(16-15-12)10-18-8-6-11(7-9-18)17(3)21(19,20)5-2/h11H,4-10H2,1-3H3,(H,14,15,16). The number of rotatable bonds is 6. The van der Waals surface area contributed by atoms with E-state index in [1.165, 1.54) is 0 Å². The SMILES string of the molecule is CCc1n[nH]c(CN2CCC(N(C)S(=O)(=O)CC)CC2)n1. The van der Waals surface area contributed by atoms with Crippen LogP contribution in [-0.2, 0) is 23.0 Å². The topological polar surface area (TPSA) is 82.2 Å². The molecule has 0 aliphatic carbocycles. The van der Waals surface area contributed by atoms with Crippen molar-refractivity contribution < 1.29 is 8.42 Å². The molecule has 1 N–H and O–H groups in total. The van der Waals surface area contributed by atoms with Crippen LogP contribution in [0.2, 0.25) is 0 Å². The van der Waals surface area contributed by atoms with Crippen molar-refractivity contribution in [1.29, 1.82) is 0 Å². The van der Waals surface area contributed by atoms with Crippen molar-refractivity contribution in [2.24, 2.45) is 0 Å². The second-order valence-electron chi connectivity index (χ2n) is 5.48. The van der Waals surface area contributed by atoms with Crippen LogP contribution in [0, 0.1) is 0 Å². The molecule has 1 aromatic rings. The van der Waals surface area contributed by atoms with Gasteiger partial charge in [-0.25, -0.2) is 17.7 Å². The fourth-order valence-corrected chi connectivity index (χ4v) is 3.72. The van der Waals surface area contributed by atoms with Gasteiger partial charge in [0, 0.05) is 32.6 Å². The van der Waals surface area contributed by atoms with Crippen LogP contribution in [0.4, 0.5) is 0 Å². The number of piperidine rings is 1. The number of sulfonamides is 1. The molecule has 0 amide bonds. The molecule has 0 spiro atoms. The average molecular weight is 315 g/mol. The Bertz CT molecular complexity index is 549. The predicted octanol–water partition coefficient (Wildman–Crippen LogP) is 0.613. The highest BCUT2D eigenvalue weighted by Crippen LogP contribution is 2.19. The summed E-state index contributed by atoms with van der Waals surface area (Å²) in [7, 11) is -1.39. The number of H-pyrrole nitrogens is 1. The molecule has 7 nitrogen and oxygen atoms in total. The molecule has 0 saturated carbocycles. The van der Waals surface area contributed by atoms with Gasteiger partial charge in [0.25, 0.3) is 0 Å². The summed E-state index contributed by atoms with van der Waals surface area (Å²) in [6, 6.07) is 0.118. The van der Waals surface area contributed by atoms with E-state index in [4.69, 9.17) is 0 Å². The van der Waals surface area contributed by atoms with Crippen molar-refractivity contribution in [3.05, 3.63) is 11.6 Å². The second kappa shape index (κ2) is 6.85. The average Bonchev–Trinajstić information content (AvgIpc) is 2.95. The van der Waals surface area contributed by atoms with Crippen molar-refractivity contribution in [2.45, 2.75) is 45.7 Å². The lowest BCUT2D eigenvalue weighted by Crippen LogP contribution is -2.45. The van der Waals surface area contributed by atoms with Gasteiger partial charge in [-0.2, -0.15) is 5.10 Å². The molecular formula is C13H25N5O2S. The largest absolute Gasteiger partial charge is 0.296 e. The Morgan fingerprint density at radius 1 is 1.33 bits per heavy atom. The van der Waals surface area contributed by atoms with E-state index in [9.17, 15) is 8.42 Å². The molecule has 120 valence electrons. The summed E-state index contributed by atoms with van der Waals surface area (Å²) < 4.78 is 25.3. The second-order valence-corrected chi connectivity index (χ2v) is 7.79. The molecule has 1 aliphatic rings. The predicted molar refractivity (Wildman–Crippen MR) is 81.3 cm³/mol. The van der Waals surface area contributed by atoms with Crippen molar-refractivity contribution in [1.82, 2.24) is 24.4 Å². The highest BCUT2D eigenvalue weighted by Gasteiger charge is 2.28. The van der Waals surface area contributed by atoms with Gasteiger partial charge in [-0.15, -0.1) is 0 Å². The summed E-state index contributed by atoms with van der Waals surface area (Å²) in [4.78, 5) is 6.71. The molecule has 2 rings (SSSR count). The normalized spacial score (nSPS) is 18.5. The van der Waals surface area contributed by atoms with E-state index < -0.39 is 10.0 Å². The lowest BCUT2D eigenvalue weighted by molar-refractivity contribution is 0.161. The number of aromatic nitrogens is 3. The van der Waals surface area contributed by atoms with Crippen LogP contribution in [0.3, 0.4) is 0 Å². The molecule has 1 aromatic heterocycles. The molecule has 0 atom stereocenters.